The van der Waals surface area contributed by atoms with Crippen molar-refractivity contribution in [1.29, 1.82) is 0 Å². The highest BCUT2D eigenvalue weighted by Gasteiger charge is 2.60. The minimum Gasteiger partial charge on any atom is -0.358 e. The Hall–Kier alpha value is -1.94. The summed E-state index contributed by atoms with van der Waals surface area (Å²) in [6.45, 7) is 3.18. The van der Waals surface area contributed by atoms with Crippen LogP contribution in [0.1, 0.15) is 57.1 Å². The van der Waals surface area contributed by atoms with E-state index < -0.39 is 4.92 Å². The van der Waals surface area contributed by atoms with E-state index in [1.807, 2.05) is 22.5 Å². The summed E-state index contributed by atoms with van der Waals surface area (Å²) >= 11 is 9.36. The van der Waals surface area contributed by atoms with Gasteiger partial charge in [0, 0.05) is 25.7 Å². The predicted octanol–water partition coefficient (Wildman–Crippen LogP) is 4.60. The van der Waals surface area contributed by atoms with Crippen LogP contribution >= 0.6 is 27.5 Å². The Kier molecular flexibility index (Phi) is 5.79. The zero-order chi connectivity index (χ0) is 23.4. The first-order chi connectivity index (χ1) is 15.7. The standard InChI is InChI=1S/C22H28BrClN6O3/c1-14-18(24)12-28(26-14)4-2-3-25-19(31)10-21-6-15-5-16(7-21)9-22(8-15,13-21)29-11-17(23)20(27-29)30(32)33/h11-12,15-16H,2-10,13H2,1H3,(H,25,31). The first-order valence-electron chi connectivity index (χ1n) is 11.5. The maximum Gasteiger partial charge on any atom is 0.404 e. The van der Waals surface area contributed by atoms with E-state index in [0.29, 0.717) is 40.8 Å². The van der Waals surface area contributed by atoms with Gasteiger partial charge < -0.3 is 15.4 Å². The Morgan fingerprint density at radius 2 is 2.03 bits per heavy atom. The topological polar surface area (TPSA) is 108 Å². The first kappa shape index (κ1) is 22.8. The molecule has 2 aromatic rings. The molecule has 4 aliphatic carbocycles. The molecule has 0 aliphatic heterocycles. The second kappa shape index (κ2) is 8.37. The summed E-state index contributed by atoms with van der Waals surface area (Å²) in [7, 11) is 0. The van der Waals surface area contributed by atoms with Gasteiger partial charge in [-0.3, -0.25) is 9.48 Å². The summed E-state index contributed by atoms with van der Waals surface area (Å²) in [4.78, 5) is 23.8. The van der Waals surface area contributed by atoms with E-state index in [1.165, 1.54) is 6.42 Å². The second-order valence-corrected chi connectivity index (χ2v) is 11.7. The lowest BCUT2D eigenvalue weighted by atomic mass is 9.46. The molecule has 33 heavy (non-hydrogen) atoms. The predicted molar refractivity (Wildman–Crippen MR) is 126 cm³/mol. The van der Waals surface area contributed by atoms with Crippen molar-refractivity contribution in [2.75, 3.05) is 6.54 Å². The zero-order valence-electron chi connectivity index (χ0n) is 18.6. The summed E-state index contributed by atoms with van der Waals surface area (Å²) in [5.74, 6) is 1.06. The molecule has 2 heterocycles. The molecular weight excluding hydrogens is 512 g/mol. The summed E-state index contributed by atoms with van der Waals surface area (Å²) in [5, 5.41) is 23.8. The number of rotatable bonds is 8. The van der Waals surface area contributed by atoms with Gasteiger partial charge in [0.2, 0.25) is 5.91 Å². The molecule has 2 atom stereocenters. The van der Waals surface area contributed by atoms with Crippen LogP contribution in [0.15, 0.2) is 16.9 Å². The Morgan fingerprint density at radius 1 is 1.30 bits per heavy atom. The van der Waals surface area contributed by atoms with Gasteiger partial charge in [0.1, 0.15) is 4.47 Å². The van der Waals surface area contributed by atoms with Gasteiger partial charge in [-0.25, -0.2) is 0 Å². The van der Waals surface area contributed by atoms with Gasteiger partial charge in [-0.15, -0.1) is 0 Å². The van der Waals surface area contributed by atoms with Crippen LogP contribution in [0.25, 0.3) is 0 Å². The van der Waals surface area contributed by atoms with Crippen LogP contribution in [0.4, 0.5) is 5.82 Å². The minimum atomic E-state index is -0.442. The molecule has 178 valence electrons. The number of nitrogens with zero attached hydrogens (tertiary/aromatic N) is 5. The highest BCUT2D eigenvalue weighted by atomic mass is 79.9. The lowest BCUT2D eigenvalue weighted by Crippen LogP contribution is -2.57. The van der Waals surface area contributed by atoms with Crippen molar-refractivity contribution in [3.63, 3.8) is 0 Å². The first-order valence-corrected chi connectivity index (χ1v) is 12.7. The molecule has 4 fully saturated rings. The van der Waals surface area contributed by atoms with Crippen LogP contribution in [-0.4, -0.2) is 36.9 Å². The number of halogens is 2. The fourth-order valence-corrected chi connectivity index (χ4v) is 7.64. The van der Waals surface area contributed by atoms with Crippen LogP contribution in [0.3, 0.4) is 0 Å². The summed E-state index contributed by atoms with van der Waals surface area (Å²) in [6, 6.07) is 0. The zero-order valence-corrected chi connectivity index (χ0v) is 20.9. The average molecular weight is 540 g/mol. The molecule has 0 spiro atoms. The number of amides is 1. The molecule has 4 bridgehead atoms. The van der Waals surface area contributed by atoms with Crippen molar-refractivity contribution >= 4 is 39.3 Å². The maximum absolute atomic E-state index is 12.9. The fourth-order valence-electron chi connectivity index (χ4n) is 7.07. The summed E-state index contributed by atoms with van der Waals surface area (Å²) in [5.41, 5.74) is 0.540. The van der Waals surface area contributed by atoms with Crippen LogP contribution in [0, 0.1) is 34.3 Å². The van der Waals surface area contributed by atoms with E-state index in [4.69, 9.17) is 11.6 Å². The van der Waals surface area contributed by atoms with Crippen molar-refractivity contribution in [2.45, 2.75) is 70.4 Å². The van der Waals surface area contributed by atoms with Gasteiger partial charge >= 0.3 is 5.82 Å². The highest BCUT2D eigenvalue weighted by molar-refractivity contribution is 9.10. The number of carbonyl (C=O) groups excluding carboxylic acids is 1. The number of carbonyl (C=O) groups is 1. The van der Waals surface area contributed by atoms with Crippen molar-refractivity contribution in [3.05, 3.63) is 37.7 Å². The third kappa shape index (κ3) is 4.32. The van der Waals surface area contributed by atoms with E-state index in [0.717, 1.165) is 44.2 Å². The van der Waals surface area contributed by atoms with Crippen molar-refractivity contribution in [3.8, 4) is 0 Å². The summed E-state index contributed by atoms with van der Waals surface area (Å²) in [6.07, 6.45) is 11.0. The lowest BCUT2D eigenvalue weighted by molar-refractivity contribution is -0.390. The van der Waals surface area contributed by atoms with Gasteiger partial charge in [-0.2, -0.15) is 9.78 Å². The monoisotopic (exact) mass is 538 g/mol. The molecule has 0 radical (unpaired) electrons. The lowest BCUT2D eigenvalue weighted by Gasteiger charge is -2.61. The van der Waals surface area contributed by atoms with E-state index in [9.17, 15) is 14.9 Å². The van der Waals surface area contributed by atoms with E-state index in [1.54, 1.807) is 6.20 Å². The summed E-state index contributed by atoms with van der Waals surface area (Å²) < 4.78 is 4.08. The Bertz CT molecular complexity index is 1060. The van der Waals surface area contributed by atoms with E-state index in [2.05, 4.69) is 31.4 Å². The highest BCUT2D eigenvalue weighted by Crippen LogP contribution is 2.65. The molecule has 0 aromatic carbocycles. The maximum atomic E-state index is 12.9. The molecule has 9 nitrogen and oxygen atoms in total. The number of hydrogen-bond acceptors (Lipinski definition) is 5. The number of nitro groups is 1. The fraction of sp³-hybridized carbons (Fsp3) is 0.682. The molecule has 2 unspecified atom stereocenters. The van der Waals surface area contributed by atoms with Gasteiger partial charge in [0.25, 0.3) is 0 Å². The Labute approximate surface area is 205 Å². The molecule has 1 N–H and O–H groups in total. The molecular formula is C22H28BrClN6O3. The van der Waals surface area contributed by atoms with Crippen molar-refractivity contribution in [1.82, 2.24) is 24.9 Å². The molecule has 0 saturated heterocycles. The quantitative estimate of drug-likeness (QED) is 0.300. The van der Waals surface area contributed by atoms with Crippen molar-refractivity contribution < 1.29 is 9.72 Å². The minimum absolute atomic E-state index is 0.0476. The Balaban J connectivity index is 1.23. The van der Waals surface area contributed by atoms with Crippen LogP contribution in [0.5, 0.6) is 0 Å². The van der Waals surface area contributed by atoms with Crippen molar-refractivity contribution in [2.24, 2.45) is 17.3 Å². The van der Waals surface area contributed by atoms with E-state index in [-0.39, 0.29) is 22.7 Å². The number of hydrogen-bond donors (Lipinski definition) is 1. The van der Waals surface area contributed by atoms with Crippen LogP contribution < -0.4 is 5.32 Å². The third-order valence-corrected chi connectivity index (χ3v) is 8.70. The van der Waals surface area contributed by atoms with Crippen LogP contribution in [0.2, 0.25) is 5.02 Å². The van der Waals surface area contributed by atoms with E-state index >= 15 is 0 Å². The Morgan fingerprint density at radius 3 is 2.64 bits per heavy atom. The van der Waals surface area contributed by atoms with Crippen LogP contribution in [-0.2, 0) is 16.9 Å². The second-order valence-electron chi connectivity index (χ2n) is 10.4. The van der Waals surface area contributed by atoms with Gasteiger partial charge in [0.15, 0.2) is 0 Å². The molecule has 2 aromatic heterocycles. The third-order valence-electron chi connectivity index (χ3n) is 7.77. The number of nitrogens with one attached hydrogen (secondary N) is 1. The molecule has 11 heteroatoms. The number of aromatic nitrogens is 4. The van der Waals surface area contributed by atoms with Gasteiger partial charge in [0.05, 0.1) is 27.6 Å². The average Bonchev–Trinajstić information content (AvgIpc) is 3.26. The normalized spacial score (nSPS) is 30.0. The molecule has 4 saturated carbocycles. The SMILES string of the molecule is Cc1nn(CCCNC(=O)CC23CC4CC(C2)CC(n2cc(Br)c([N+](=O)[O-])n2)(C4)C3)cc1Cl. The van der Waals surface area contributed by atoms with Gasteiger partial charge in [-0.1, -0.05) is 11.6 Å². The smallest absolute Gasteiger partial charge is 0.358 e. The molecule has 1 amide bonds. The largest absolute Gasteiger partial charge is 0.404 e. The van der Waals surface area contributed by atoms with Gasteiger partial charge in [-0.05, 0) is 90.0 Å². The number of aryl methyl sites for hydroxylation is 2. The molecule has 6 rings (SSSR count). The molecule has 4 aliphatic rings.